The third-order valence-electron chi connectivity index (χ3n) is 3.31. The van der Waals surface area contributed by atoms with E-state index in [0.29, 0.717) is 13.0 Å². The van der Waals surface area contributed by atoms with Crippen molar-refractivity contribution < 1.29 is 13.2 Å². The quantitative estimate of drug-likeness (QED) is 0.890. The molecule has 1 saturated heterocycles. The number of fused-ring (bicyclic) bond motifs is 1. The van der Waals surface area contributed by atoms with E-state index in [9.17, 15) is 13.2 Å². The third-order valence-corrected chi connectivity index (χ3v) is 6.11. The predicted molar refractivity (Wildman–Crippen MR) is 82.1 cm³/mol. The number of aromatic nitrogens is 1. The van der Waals surface area contributed by atoms with Crippen molar-refractivity contribution >= 4 is 37.4 Å². The van der Waals surface area contributed by atoms with Crippen LogP contribution in [0.15, 0.2) is 24.3 Å². The molecule has 0 saturated carbocycles. The number of carbonyl (C=O) groups is 1. The summed E-state index contributed by atoms with van der Waals surface area (Å²) in [4.78, 5) is 16.2. The van der Waals surface area contributed by atoms with Crippen molar-refractivity contribution in [3.8, 4) is 0 Å². The van der Waals surface area contributed by atoms with Crippen LogP contribution in [-0.4, -0.2) is 37.0 Å². The molecule has 0 bridgehead atoms. The van der Waals surface area contributed by atoms with Gasteiger partial charge in [-0.05, 0) is 18.6 Å². The minimum Gasteiger partial charge on any atom is -0.334 e. The summed E-state index contributed by atoms with van der Waals surface area (Å²) in [6.45, 7) is 0.338. The first-order valence-corrected chi connectivity index (χ1v) is 9.25. The van der Waals surface area contributed by atoms with Crippen molar-refractivity contribution in [2.75, 3.05) is 11.5 Å². The van der Waals surface area contributed by atoms with Crippen molar-refractivity contribution in [3.05, 3.63) is 29.3 Å². The van der Waals surface area contributed by atoms with Gasteiger partial charge in [0, 0.05) is 6.04 Å². The maximum absolute atomic E-state index is 11.8. The van der Waals surface area contributed by atoms with Gasteiger partial charge in [0.15, 0.2) is 9.84 Å². The lowest BCUT2D eigenvalue weighted by Crippen LogP contribution is -2.42. The molecule has 8 heteroatoms. The molecule has 1 aliphatic heterocycles. The Bertz CT molecular complexity index is 737. The van der Waals surface area contributed by atoms with Gasteiger partial charge >= 0.3 is 6.03 Å². The zero-order valence-corrected chi connectivity index (χ0v) is 12.8. The van der Waals surface area contributed by atoms with Crippen LogP contribution in [0, 0.1) is 0 Å². The second-order valence-corrected chi connectivity index (χ2v) is 8.35. The number of para-hydroxylation sites is 1. The lowest BCUT2D eigenvalue weighted by molar-refractivity contribution is 0.237. The number of rotatable bonds is 3. The summed E-state index contributed by atoms with van der Waals surface area (Å²) in [6, 6.07) is 7.15. The predicted octanol–water partition coefficient (Wildman–Crippen LogP) is 1.28. The molecule has 2 aromatic rings. The van der Waals surface area contributed by atoms with Gasteiger partial charge in [-0.2, -0.15) is 0 Å². The Labute approximate surface area is 126 Å². The van der Waals surface area contributed by atoms with Crippen molar-refractivity contribution in [2.45, 2.75) is 19.0 Å². The number of nitrogens with one attached hydrogen (secondary N) is 2. The number of amides is 2. The van der Waals surface area contributed by atoms with Crippen molar-refractivity contribution in [1.82, 2.24) is 15.6 Å². The maximum atomic E-state index is 11.8. The average Bonchev–Trinajstić information content (AvgIpc) is 2.99. The molecule has 1 aromatic carbocycles. The molecule has 2 heterocycles. The summed E-state index contributed by atoms with van der Waals surface area (Å²) >= 11 is 1.53. The Morgan fingerprint density at radius 2 is 2.19 bits per heavy atom. The van der Waals surface area contributed by atoms with E-state index in [1.807, 2.05) is 24.3 Å². The van der Waals surface area contributed by atoms with Gasteiger partial charge in [-0.15, -0.1) is 11.3 Å². The highest BCUT2D eigenvalue weighted by molar-refractivity contribution is 7.91. The standard InChI is InChI=1S/C13H15N3O3S2/c17-13(15-9-5-6-21(18,19)8-9)14-7-12-16-10-3-1-2-4-11(10)20-12/h1-4,9H,5-8H2,(H2,14,15,17). The first-order chi connectivity index (χ1) is 10.0. The molecule has 1 aromatic heterocycles. The van der Waals surface area contributed by atoms with Crippen LogP contribution in [0.4, 0.5) is 4.79 Å². The number of benzene rings is 1. The van der Waals surface area contributed by atoms with Gasteiger partial charge in [-0.25, -0.2) is 18.2 Å². The monoisotopic (exact) mass is 325 g/mol. The molecule has 2 N–H and O–H groups in total. The topological polar surface area (TPSA) is 88.2 Å². The van der Waals surface area contributed by atoms with Crippen LogP contribution < -0.4 is 10.6 Å². The van der Waals surface area contributed by atoms with Crippen molar-refractivity contribution in [1.29, 1.82) is 0 Å². The molecule has 0 radical (unpaired) electrons. The molecule has 112 valence electrons. The molecular formula is C13H15N3O3S2. The molecule has 6 nitrogen and oxygen atoms in total. The Balaban J connectivity index is 1.54. The Kier molecular flexibility index (Phi) is 3.81. The first-order valence-electron chi connectivity index (χ1n) is 6.61. The van der Waals surface area contributed by atoms with E-state index in [0.717, 1.165) is 15.2 Å². The number of carbonyl (C=O) groups excluding carboxylic acids is 1. The normalized spacial score (nSPS) is 20.5. The minimum atomic E-state index is -2.98. The highest BCUT2D eigenvalue weighted by atomic mass is 32.2. The molecule has 1 atom stereocenters. The van der Waals surface area contributed by atoms with Crippen molar-refractivity contribution in [2.24, 2.45) is 0 Å². The highest BCUT2D eigenvalue weighted by Crippen LogP contribution is 2.21. The van der Waals surface area contributed by atoms with Crippen LogP contribution in [0.25, 0.3) is 10.2 Å². The van der Waals surface area contributed by atoms with Gasteiger partial charge in [0.2, 0.25) is 0 Å². The lowest BCUT2D eigenvalue weighted by atomic mass is 10.3. The van der Waals surface area contributed by atoms with E-state index in [2.05, 4.69) is 15.6 Å². The zero-order chi connectivity index (χ0) is 14.9. The van der Waals surface area contributed by atoms with Crippen LogP contribution in [0.1, 0.15) is 11.4 Å². The molecular weight excluding hydrogens is 310 g/mol. The molecule has 2 amide bonds. The molecule has 1 unspecified atom stereocenters. The van der Waals surface area contributed by atoms with E-state index in [1.165, 1.54) is 11.3 Å². The third kappa shape index (κ3) is 3.51. The fourth-order valence-electron chi connectivity index (χ4n) is 2.30. The summed E-state index contributed by atoms with van der Waals surface area (Å²) in [5, 5.41) is 6.23. The number of hydrogen-bond acceptors (Lipinski definition) is 5. The van der Waals surface area contributed by atoms with E-state index in [1.54, 1.807) is 0 Å². The van der Waals surface area contributed by atoms with Gasteiger partial charge in [0.1, 0.15) is 5.01 Å². The maximum Gasteiger partial charge on any atom is 0.315 e. The summed E-state index contributed by atoms with van der Waals surface area (Å²) in [7, 11) is -2.98. The van der Waals surface area contributed by atoms with Crippen LogP contribution in [0.3, 0.4) is 0 Å². The molecule has 1 fully saturated rings. The number of thiazole rings is 1. The van der Waals surface area contributed by atoms with Crippen LogP contribution in [-0.2, 0) is 16.4 Å². The van der Waals surface area contributed by atoms with Gasteiger partial charge in [0.25, 0.3) is 0 Å². The smallest absolute Gasteiger partial charge is 0.315 e. The summed E-state index contributed by atoms with van der Waals surface area (Å²) in [5.74, 6) is 0.178. The second-order valence-electron chi connectivity index (χ2n) is 5.00. The van der Waals surface area contributed by atoms with Gasteiger partial charge < -0.3 is 10.6 Å². The minimum absolute atomic E-state index is 0.0293. The zero-order valence-electron chi connectivity index (χ0n) is 11.2. The highest BCUT2D eigenvalue weighted by Gasteiger charge is 2.28. The first kappa shape index (κ1) is 14.3. The largest absolute Gasteiger partial charge is 0.334 e. The number of nitrogens with zero attached hydrogens (tertiary/aromatic N) is 1. The second kappa shape index (κ2) is 5.61. The summed E-state index contributed by atoms with van der Waals surface area (Å²) in [6.07, 6.45) is 0.483. The summed E-state index contributed by atoms with van der Waals surface area (Å²) < 4.78 is 23.7. The fraction of sp³-hybridized carbons (Fsp3) is 0.385. The van der Waals surface area contributed by atoms with Crippen LogP contribution in [0.5, 0.6) is 0 Å². The Morgan fingerprint density at radius 3 is 2.90 bits per heavy atom. The number of hydrogen-bond donors (Lipinski definition) is 2. The van der Waals surface area contributed by atoms with E-state index in [4.69, 9.17) is 0 Å². The Hall–Kier alpha value is -1.67. The number of sulfone groups is 1. The van der Waals surface area contributed by atoms with Gasteiger partial charge in [0.05, 0.1) is 28.3 Å². The van der Waals surface area contributed by atoms with Gasteiger partial charge in [-0.3, -0.25) is 0 Å². The summed E-state index contributed by atoms with van der Waals surface area (Å²) in [5.41, 5.74) is 0.918. The van der Waals surface area contributed by atoms with E-state index >= 15 is 0 Å². The average molecular weight is 325 g/mol. The molecule has 3 rings (SSSR count). The molecule has 1 aliphatic rings. The molecule has 21 heavy (non-hydrogen) atoms. The van der Waals surface area contributed by atoms with E-state index in [-0.39, 0.29) is 23.6 Å². The number of urea groups is 1. The van der Waals surface area contributed by atoms with Crippen molar-refractivity contribution in [3.63, 3.8) is 0 Å². The van der Waals surface area contributed by atoms with Gasteiger partial charge in [-0.1, -0.05) is 12.1 Å². The van der Waals surface area contributed by atoms with Crippen LogP contribution in [0.2, 0.25) is 0 Å². The molecule has 0 aliphatic carbocycles. The van der Waals surface area contributed by atoms with Crippen LogP contribution >= 0.6 is 11.3 Å². The Morgan fingerprint density at radius 1 is 1.38 bits per heavy atom. The fourth-order valence-corrected chi connectivity index (χ4v) is 4.88. The molecule has 0 spiro atoms. The lowest BCUT2D eigenvalue weighted by Gasteiger charge is -2.11. The SMILES string of the molecule is O=C(NCc1nc2ccccc2s1)NC1CCS(=O)(=O)C1. The van der Waals surface area contributed by atoms with E-state index < -0.39 is 9.84 Å².